The van der Waals surface area contributed by atoms with Gasteiger partial charge in [-0.25, -0.2) is 9.97 Å². The third-order valence-corrected chi connectivity index (χ3v) is 3.78. The van der Waals surface area contributed by atoms with E-state index >= 15 is 0 Å². The van der Waals surface area contributed by atoms with E-state index in [0.29, 0.717) is 36.1 Å². The largest absolute Gasteiger partial charge is 0.490 e. The van der Waals surface area contributed by atoms with Crippen LogP contribution >= 0.6 is 0 Å². The Balaban J connectivity index is 1.95. The summed E-state index contributed by atoms with van der Waals surface area (Å²) < 4.78 is 5.66. The molecule has 0 saturated heterocycles. The van der Waals surface area contributed by atoms with Gasteiger partial charge in [0.1, 0.15) is 18.4 Å². The number of nitrogens with one attached hydrogen (secondary N) is 1. The third-order valence-electron chi connectivity index (χ3n) is 3.78. The first-order valence-corrected chi connectivity index (χ1v) is 7.97. The first kappa shape index (κ1) is 16.7. The standard InChI is InChI=1S/C18H19N5O2/c1-18(2,3)17(24)23-8-9-25-15-5-4-12(10-14(15)23)22-16-13(11-19)20-6-7-21-16/h4-7,10H,8-9H2,1-3H3,(H,21,22). The SMILES string of the molecule is CC(C)(C)C(=O)N1CCOc2ccc(Nc3nccnc3C#N)cc21. The molecule has 0 radical (unpaired) electrons. The van der Waals surface area contributed by atoms with Crippen LogP contribution in [-0.4, -0.2) is 29.0 Å². The van der Waals surface area contributed by atoms with E-state index in [0.717, 1.165) is 0 Å². The van der Waals surface area contributed by atoms with E-state index in [9.17, 15) is 4.79 Å². The number of fused-ring (bicyclic) bond motifs is 1. The van der Waals surface area contributed by atoms with Gasteiger partial charge in [-0.05, 0) is 18.2 Å². The summed E-state index contributed by atoms with van der Waals surface area (Å²) in [4.78, 5) is 22.6. The summed E-state index contributed by atoms with van der Waals surface area (Å²) in [7, 11) is 0. The summed E-state index contributed by atoms with van der Waals surface area (Å²) in [6.07, 6.45) is 2.98. The molecule has 3 rings (SSSR count). The number of nitrogens with zero attached hydrogens (tertiary/aromatic N) is 4. The average Bonchev–Trinajstić information content (AvgIpc) is 2.60. The van der Waals surface area contributed by atoms with Gasteiger partial charge in [-0.15, -0.1) is 0 Å². The van der Waals surface area contributed by atoms with Crippen LogP contribution in [0.4, 0.5) is 17.2 Å². The van der Waals surface area contributed by atoms with E-state index in [-0.39, 0.29) is 11.6 Å². The average molecular weight is 337 g/mol. The lowest BCUT2D eigenvalue weighted by atomic mass is 9.94. The molecule has 2 heterocycles. The summed E-state index contributed by atoms with van der Waals surface area (Å²) in [6.45, 7) is 6.65. The van der Waals surface area contributed by atoms with E-state index in [2.05, 4.69) is 15.3 Å². The highest BCUT2D eigenvalue weighted by Crippen LogP contribution is 2.37. The van der Waals surface area contributed by atoms with Crippen molar-refractivity contribution in [1.82, 2.24) is 9.97 Å². The summed E-state index contributed by atoms with van der Waals surface area (Å²) in [5, 5.41) is 12.2. The van der Waals surface area contributed by atoms with E-state index in [1.807, 2.05) is 45.0 Å². The van der Waals surface area contributed by atoms with Crippen LogP contribution in [0, 0.1) is 16.7 Å². The van der Waals surface area contributed by atoms with Crippen molar-refractivity contribution in [2.75, 3.05) is 23.4 Å². The Bertz CT molecular complexity index is 851. The number of hydrogen-bond acceptors (Lipinski definition) is 6. The van der Waals surface area contributed by atoms with Crippen molar-refractivity contribution in [3.8, 4) is 11.8 Å². The second kappa shape index (κ2) is 6.40. The molecule has 1 aromatic heterocycles. The van der Waals surface area contributed by atoms with Crippen LogP contribution in [0.1, 0.15) is 26.5 Å². The first-order valence-electron chi connectivity index (χ1n) is 7.97. The van der Waals surface area contributed by atoms with Crippen molar-refractivity contribution in [3.05, 3.63) is 36.3 Å². The minimum absolute atomic E-state index is 0.0337. The van der Waals surface area contributed by atoms with Crippen LogP contribution in [0.3, 0.4) is 0 Å². The van der Waals surface area contributed by atoms with Crippen LogP contribution in [0.15, 0.2) is 30.6 Å². The smallest absolute Gasteiger partial charge is 0.232 e. The molecular formula is C18H19N5O2. The number of ether oxygens (including phenoxy) is 1. The van der Waals surface area contributed by atoms with Crippen LogP contribution in [0.5, 0.6) is 5.75 Å². The van der Waals surface area contributed by atoms with Crippen molar-refractivity contribution < 1.29 is 9.53 Å². The summed E-state index contributed by atoms with van der Waals surface area (Å²) in [5.41, 5.74) is 1.13. The fraction of sp³-hybridized carbons (Fsp3) is 0.333. The first-order chi connectivity index (χ1) is 11.9. The van der Waals surface area contributed by atoms with Crippen LogP contribution < -0.4 is 15.0 Å². The number of hydrogen-bond donors (Lipinski definition) is 1. The van der Waals surface area contributed by atoms with Crippen molar-refractivity contribution in [1.29, 1.82) is 5.26 Å². The van der Waals surface area contributed by atoms with Crippen LogP contribution in [0.25, 0.3) is 0 Å². The summed E-state index contributed by atoms with van der Waals surface area (Å²) in [5.74, 6) is 1.07. The van der Waals surface area contributed by atoms with Gasteiger partial charge < -0.3 is 15.0 Å². The monoisotopic (exact) mass is 337 g/mol. The van der Waals surface area contributed by atoms with E-state index in [1.54, 1.807) is 4.90 Å². The quantitative estimate of drug-likeness (QED) is 0.906. The lowest BCUT2D eigenvalue weighted by Gasteiger charge is -2.34. The van der Waals surface area contributed by atoms with Crippen LogP contribution in [-0.2, 0) is 4.79 Å². The highest BCUT2D eigenvalue weighted by Gasteiger charge is 2.32. The molecule has 0 saturated carbocycles. The Morgan fingerprint density at radius 3 is 2.80 bits per heavy atom. The highest BCUT2D eigenvalue weighted by atomic mass is 16.5. The predicted octanol–water partition coefficient (Wildman–Crippen LogP) is 2.86. The molecule has 0 spiro atoms. The number of aromatic nitrogens is 2. The maximum absolute atomic E-state index is 12.7. The fourth-order valence-electron chi connectivity index (χ4n) is 2.56. The number of rotatable bonds is 2. The topological polar surface area (TPSA) is 91.1 Å². The minimum Gasteiger partial charge on any atom is -0.490 e. The zero-order valence-electron chi connectivity index (χ0n) is 14.4. The fourth-order valence-corrected chi connectivity index (χ4v) is 2.56. The number of anilines is 3. The summed E-state index contributed by atoms with van der Waals surface area (Å²) >= 11 is 0. The van der Waals surface area contributed by atoms with Gasteiger partial charge in [-0.3, -0.25) is 4.79 Å². The molecule has 1 aliphatic heterocycles. The Hall–Kier alpha value is -3.14. The second-order valence-corrected chi connectivity index (χ2v) is 6.73. The Morgan fingerprint density at radius 2 is 2.08 bits per heavy atom. The Kier molecular flexibility index (Phi) is 4.28. The van der Waals surface area contributed by atoms with Gasteiger partial charge in [0.25, 0.3) is 0 Å². The number of carbonyl (C=O) groups is 1. The maximum atomic E-state index is 12.7. The summed E-state index contributed by atoms with van der Waals surface area (Å²) in [6, 6.07) is 7.45. The van der Waals surface area contributed by atoms with Gasteiger partial charge in [-0.1, -0.05) is 20.8 Å². The zero-order chi connectivity index (χ0) is 18.0. The molecule has 1 N–H and O–H groups in total. The molecular weight excluding hydrogens is 318 g/mol. The van der Waals surface area contributed by atoms with Crippen molar-refractivity contribution in [2.45, 2.75) is 20.8 Å². The molecule has 25 heavy (non-hydrogen) atoms. The lowest BCUT2D eigenvalue weighted by molar-refractivity contribution is -0.126. The maximum Gasteiger partial charge on any atom is 0.232 e. The van der Waals surface area contributed by atoms with E-state index in [1.165, 1.54) is 12.4 Å². The molecule has 0 atom stereocenters. The van der Waals surface area contributed by atoms with Gasteiger partial charge >= 0.3 is 0 Å². The zero-order valence-corrected chi connectivity index (χ0v) is 14.4. The van der Waals surface area contributed by atoms with Crippen molar-refractivity contribution in [2.24, 2.45) is 5.41 Å². The molecule has 7 heteroatoms. The minimum atomic E-state index is -0.489. The molecule has 1 aliphatic rings. The molecule has 2 aromatic rings. The van der Waals surface area contributed by atoms with Crippen LogP contribution in [0.2, 0.25) is 0 Å². The normalized spacial score (nSPS) is 13.4. The van der Waals surface area contributed by atoms with Crippen molar-refractivity contribution in [3.63, 3.8) is 0 Å². The second-order valence-electron chi connectivity index (χ2n) is 6.73. The van der Waals surface area contributed by atoms with Crippen molar-refractivity contribution >= 4 is 23.1 Å². The van der Waals surface area contributed by atoms with Gasteiger partial charge in [-0.2, -0.15) is 5.26 Å². The number of benzene rings is 1. The predicted molar refractivity (Wildman–Crippen MR) is 93.8 cm³/mol. The molecule has 7 nitrogen and oxygen atoms in total. The highest BCUT2D eigenvalue weighted by molar-refractivity contribution is 5.99. The molecule has 128 valence electrons. The number of amides is 1. The lowest BCUT2D eigenvalue weighted by Crippen LogP contribution is -2.44. The van der Waals surface area contributed by atoms with Gasteiger partial charge in [0.05, 0.1) is 12.2 Å². The third kappa shape index (κ3) is 3.38. The van der Waals surface area contributed by atoms with Gasteiger partial charge in [0, 0.05) is 23.5 Å². The Labute approximate surface area is 146 Å². The van der Waals surface area contributed by atoms with Gasteiger partial charge in [0.2, 0.25) is 5.91 Å². The molecule has 0 unspecified atom stereocenters. The van der Waals surface area contributed by atoms with E-state index < -0.39 is 5.41 Å². The molecule has 0 fully saturated rings. The Morgan fingerprint density at radius 1 is 1.32 bits per heavy atom. The molecule has 1 amide bonds. The number of carbonyl (C=O) groups excluding carboxylic acids is 1. The number of nitriles is 1. The van der Waals surface area contributed by atoms with E-state index in [4.69, 9.17) is 10.00 Å². The van der Waals surface area contributed by atoms with Gasteiger partial charge in [0.15, 0.2) is 11.5 Å². The molecule has 0 aliphatic carbocycles. The molecule has 0 bridgehead atoms. The molecule has 1 aromatic carbocycles.